The molecular formula is C17H15BrN2OS. The van der Waals surface area contributed by atoms with Gasteiger partial charge in [-0.05, 0) is 36.6 Å². The predicted molar refractivity (Wildman–Crippen MR) is 92.9 cm³/mol. The van der Waals surface area contributed by atoms with E-state index in [-0.39, 0.29) is 0 Å². The summed E-state index contributed by atoms with van der Waals surface area (Å²) in [5.41, 5.74) is 2.29. The normalized spacial score (nSPS) is 10.8. The molecule has 0 unspecified atom stereocenters. The molecule has 5 heteroatoms. The van der Waals surface area contributed by atoms with Gasteiger partial charge < -0.3 is 4.42 Å². The number of halogens is 1. The second kappa shape index (κ2) is 7.61. The lowest BCUT2D eigenvalue weighted by atomic mass is 10.1. The number of benzene rings is 2. The van der Waals surface area contributed by atoms with E-state index in [1.54, 1.807) is 11.8 Å². The van der Waals surface area contributed by atoms with Crippen LogP contribution in [0.15, 0.2) is 68.7 Å². The quantitative estimate of drug-likeness (QED) is 0.437. The van der Waals surface area contributed by atoms with Crippen molar-refractivity contribution < 1.29 is 4.42 Å². The fraction of sp³-hybridized carbons (Fsp3) is 0.176. The SMILES string of the molecule is Brc1cccc(-c2nnc(SCCCc3ccccc3)o2)c1. The fourth-order valence-electron chi connectivity index (χ4n) is 2.09. The summed E-state index contributed by atoms with van der Waals surface area (Å²) in [4.78, 5) is 0. The van der Waals surface area contributed by atoms with E-state index in [2.05, 4.69) is 50.4 Å². The number of rotatable bonds is 6. The van der Waals surface area contributed by atoms with E-state index < -0.39 is 0 Å². The molecule has 112 valence electrons. The van der Waals surface area contributed by atoms with Crippen LogP contribution in [0.5, 0.6) is 0 Å². The smallest absolute Gasteiger partial charge is 0.276 e. The molecule has 3 nitrogen and oxygen atoms in total. The Balaban J connectivity index is 1.52. The van der Waals surface area contributed by atoms with Crippen LogP contribution >= 0.6 is 27.7 Å². The number of nitrogens with zero attached hydrogens (tertiary/aromatic N) is 2. The average molecular weight is 375 g/mol. The van der Waals surface area contributed by atoms with Crippen molar-refractivity contribution >= 4 is 27.7 Å². The Morgan fingerprint density at radius 2 is 1.86 bits per heavy atom. The van der Waals surface area contributed by atoms with Crippen molar-refractivity contribution in [3.8, 4) is 11.5 Å². The highest BCUT2D eigenvalue weighted by Crippen LogP contribution is 2.25. The molecule has 1 aromatic heterocycles. The fourth-order valence-corrected chi connectivity index (χ4v) is 3.19. The van der Waals surface area contributed by atoms with Gasteiger partial charge in [-0.15, -0.1) is 10.2 Å². The summed E-state index contributed by atoms with van der Waals surface area (Å²) in [6.45, 7) is 0. The standard InChI is InChI=1S/C17H15BrN2OS/c18-15-10-4-9-14(12-15)16-19-20-17(21-16)22-11-5-8-13-6-2-1-3-7-13/h1-4,6-7,9-10,12H,5,8,11H2. The van der Waals surface area contributed by atoms with E-state index in [4.69, 9.17) is 4.42 Å². The Kier molecular flexibility index (Phi) is 5.29. The maximum Gasteiger partial charge on any atom is 0.276 e. The van der Waals surface area contributed by atoms with E-state index in [0.29, 0.717) is 11.1 Å². The number of thioether (sulfide) groups is 1. The maximum absolute atomic E-state index is 5.70. The molecule has 0 N–H and O–H groups in total. The van der Waals surface area contributed by atoms with Gasteiger partial charge in [0.2, 0.25) is 5.89 Å². The molecule has 2 aromatic carbocycles. The van der Waals surface area contributed by atoms with Crippen molar-refractivity contribution in [2.24, 2.45) is 0 Å². The molecule has 0 aliphatic carbocycles. The number of aromatic nitrogens is 2. The van der Waals surface area contributed by atoms with Gasteiger partial charge in [0, 0.05) is 15.8 Å². The minimum atomic E-state index is 0.562. The van der Waals surface area contributed by atoms with Crippen LogP contribution in [0, 0.1) is 0 Å². The van der Waals surface area contributed by atoms with Gasteiger partial charge in [0.25, 0.3) is 5.22 Å². The Hall–Kier alpha value is -1.59. The number of hydrogen-bond donors (Lipinski definition) is 0. The highest BCUT2D eigenvalue weighted by molar-refractivity contribution is 9.10. The molecule has 0 amide bonds. The van der Waals surface area contributed by atoms with Crippen LogP contribution in [-0.2, 0) is 6.42 Å². The summed E-state index contributed by atoms with van der Waals surface area (Å²) < 4.78 is 6.70. The molecule has 0 radical (unpaired) electrons. The highest BCUT2D eigenvalue weighted by Gasteiger charge is 2.09. The Bertz CT molecular complexity index is 730. The molecule has 22 heavy (non-hydrogen) atoms. The summed E-state index contributed by atoms with van der Waals surface area (Å²) in [5, 5.41) is 8.83. The largest absolute Gasteiger partial charge is 0.411 e. The second-order valence-corrected chi connectivity index (χ2v) is 6.78. The van der Waals surface area contributed by atoms with Crippen molar-refractivity contribution in [1.29, 1.82) is 0 Å². The molecule has 0 aliphatic heterocycles. The zero-order chi connectivity index (χ0) is 15.2. The Morgan fingerprint density at radius 1 is 1.00 bits per heavy atom. The first kappa shape index (κ1) is 15.3. The topological polar surface area (TPSA) is 38.9 Å². The van der Waals surface area contributed by atoms with Gasteiger partial charge in [0.1, 0.15) is 0 Å². The Labute approximate surface area is 142 Å². The Morgan fingerprint density at radius 3 is 2.68 bits per heavy atom. The lowest BCUT2D eigenvalue weighted by Gasteiger charge is -1.99. The van der Waals surface area contributed by atoms with Gasteiger partial charge in [0.05, 0.1) is 0 Å². The molecule has 0 spiro atoms. The molecule has 3 rings (SSSR count). The van der Waals surface area contributed by atoms with Crippen LogP contribution in [0.1, 0.15) is 12.0 Å². The van der Waals surface area contributed by atoms with Gasteiger partial charge in [-0.3, -0.25) is 0 Å². The van der Waals surface area contributed by atoms with Gasteiger partial charge in [-0.2, -0.15) is 0 Å². The van der Waals surface area contributed by atoms with Crippen LogP contribution in [0.3, 0.4) is 0 Å². The molecule has 0 atom stereocenters. The number of aryl methyl sites for hydroxylation is 1. The van der Waals surface area contributed by atoms with Crippen molar-refractivity contribution in [3.63, 3.8) is 0 Å². The number of hydrogen-bond acceptors (Lipinski definition) is 4. The first-order chi connectivity index (χ1) is 10.8. The monoisotopic (exact) mass is 374 g/mol. The molecule has 0 saturated carbocycles. The zero-order valence-corrected chi connectivity index (χ0v) is 14.3. The summed E-state index contributed by atoms with van der Waals surface area (Å²) in [6, 6.07) is 18.4. The van der Waals surface area contributed by atoms with Crippen LogP contribution < -0.4 is 0 Å². The molecule has 0 saturated heterocycles. The van der Waals surface area contributed by atoms with E-state index in [9.17, 15) is 0 Å². The summed E-state index contributed by atoms with van der Waals surface area (Å²) in [5.74, 6) is 1.53. The first-order valence-corrected chi connectivity index (χ1v) is 8.85. The van der Waals surface area contributed by atoms with Gasteiger partial charge in [0.15, 0.2) is 0 Å². The van der Waals surface area contributed by atoms with Crippen LogP contribution in [-0.4, -0.2) is 16.0 Å². The van der Waals surface area contributed by atoms with E-state index in [1.165, 1.54) is 5.56 Å². The average Bonchev–Trinajstić information content (AvgIpc) is 3.02. The third-order valence-electron chi connectivity index (χ3n) is 3.16. The molecule has 3 aromatic rings. The van der Waals surface area contributed by atoms with E-state index in [0.717, 1.165) is 28.6 Å². The molecule has 0 aliphatic rings. The minimum Gasteiger partial charge on any atom is -0.411 e. The molecule has 0 bridgehead atoms. The highest BCUT2D eigenvalue weighted by atomic mass is 79.9. The molecule has 1 heterocycles. The summed E-state index contributed by atoms with van der Waals surface area (Å²) in [7, 11) is 0. The van der Waals surface area contributed by atoms with Gasteiger partial charge in [-0.1, -0.05) is 64.1 Å². The lowest BCUT2D eigenvalue weighted by Crippen LogP contribution is -1.87. The van der Waals surface area contributed by atoms with Crippen LogP contribution in [0.25, 0.3) is 11.5 Å². The predicted octanol–water partition coefficient (Wildman–Crippen LogP) is 5.22. The summed E-state index contributed by atoms with van der Waals surface area (Å²) in [6.07, 6.45) is 2.16. The third kappa shape index (κ3) is 4.21. The summed E-state index contributed by atoms with van der Waals surface area (Å²) >= 11 is 5.05. The zero-order valence-electron chi connectivity index (χ0n) is 11.9. The van der Waals surface area contributed by atoms with Crippen molar-refractivity contribution in [1.82, 2.24) is 10.2 Å². The van der Waals surface area contributed by atoms with Gasteiger partial charge >= 0.3 is 0 Å². The van der Waals surface area contributed by atoms with E-state index in [1.807, 2.05) is 30.3 Å². The first-order valence-electron chi connectivity index (χ1n) is 7.07. The van der Waals surface area contributed by atoms with Crippen LogP contribution in [0.4, 0.5) is 0 Å². The van der Waals surface area contributed by atoms with Crippen molar-refractivity contribution in [2.75, 3.05) is 5.75 Å². The van der Waals surface area contributed by atoms with Crippen LogP contribution in [0.2, 0.25) is 0 Å². The molecular weight excluding hydrogens is 360 g/mol. The third-order valence-corrected chi connectivity index (χ3v) is 4.55. The lowest BCUT2D eigenvalue weighted by molar-refractivity contribution is 0.466. The maximum atomic E-state index is 5.70. The molecule has 0 fully saturated rings. The van der Waals surface area contributed by atoms with Crippen molar-refractivity contribution in [2.45, 2.75) is 18.1 Å². The van der Waals surface area contributed by atoms with E-state index >= 15 is 0 Å². The van der Waals surface area contributed by atoms with Gasteiger partial charge in [-0.25, -0.2) is 0 Å². The van der Waals surface area contributed by atoms with Crippen molar-refractivity contribution in [3.05, 3.63) is 64.6 Å². The second-order valence-electron chi connectivity index (χ2n) is 4.82. The minimum absolute atomic E-state index is 0.562.